The van der Waals surface area contributed by atoms with Crippen LogP contribution in [0, 0.1) is 6.92 Å². The van der Waals surface area contributed by atoms with Crippen LogP contribution in [0.15, 0.2) is 30.3 Å². The number of hydrogen-bond acceptors (Lipinski definition) is 6. The number of ether oxygens (including phenoxy) is 1. The quantitative estimate of drug-likeness (QED) is 0.910. The smallest absolute Gasteiger partial charge is 0.229 e. The molecule has 0 aliphatic carbocycles. The van der Waals surface area contributed by atoms with Crippen LogP contribution in [-0.4, -0.2) is 49.4 Å². The Bertz CT molecular complexity index is 721. The van der Waals surface area contributed by atoms with Crippen molar-refractivity contribution >= 4 is 23.1 Å². The summed E-state index contributed by atoms with van der Waals surface area (Å²) in [6.07, 6.45) is 3.94. The molecule has 1 N–H and O–H groups in total. The molecule has 2 aliphatic rings. The van der Waals surface area contributed by atoms with Gasteiger partial charge >= 0.3 is 0 Å². The highest BCUT2D eigenvalue weighted by Gasteiger charge is 2.14. The third-order valence-electron chi connectivity index (χ3n) is 5.02. The lowest BCUT2D eigenvalue weighted by atomic mass is 10.1. The second kappa shape index (κ2) is 7.91. The normalized spacial score (nSPS) is 18.0. The highest BCUT2D eigenvalue weighted by atomic mass is 16.5. The van der Waals surface area contributed by atoms with Crippen molar-refractivity contribution in [2.24, 2.45) is 0 Å². The van der Waals surface area contributed by atoms with Crippen LogP contribution >= 0.6 is 0 Å². The molecule has 1 aromatic heterocycles. The lowest BCUT2D eigenvalue weighted by molar-refractivity contribution is 0.122. The summed E-state index contributed by atoms with van der Waals surface area (Å²) in [5, 5.41) is 3.36. The van der Waals surface area contributed by atoms with Crippen LogP contribution in [0.25, 0.3) is 0 Å². The molecule has 2 fully saturated rings. The van der Waals surface area contributed by atoms with Crippen molar-refractivity contribution < 1.29 is 4.74 Å². The number of aromatic nitrogens is 2. The minimum absolute atomic E-state index is 0.650. The third kappa shape index (κ3) is 4.07. The van der Waals surface area contributed by atoms with E-state index in [-0.39, 0.29) is 0 Å². The maximum absolute atomic E-state index is 5.43. The molecule has 26 heavy (non-hydrogen) atoms. The topological polar surface area (TPSA) is 53.5 Å². The number of rotatable bonds is 4. The molecule has 4 rings (SSSR count). The maximum Gasteiger partial charge on any atom is 0.229 e. The van der Waals surface area contributed by atoms with E-state index in [1.807, 2.05) is 13.0 Å². The van der Waals surface area contributed by atoms with Crippen molar-refractivity contribution in [2.75, 3.05) is 54.5 Å². The molecule has 0 atom stereocenters. The van der Waals surface area contributed by atoms with Crippen LogP contribution < -0.4 is 15.1 Å². The SMILES string of the molecule is Cc1cc(N2CCOCC2)nc(Nc2ccc(N3CCCCC3)cc2)n1. The molecule has 0 saturated carbocycles. The number of hydrogen-bond donors (Lipinski definition) is 1. The molecule has 3 heterocycles. The predicted octanol–water partition coefficient (Wildman–Crippen LogP) is 3.36. The molecule has 0 spiro atoms. The van der Waals surface area contributed by atoms with Crippen LogP contribution in [-0.2, 0) is 4.74 Å². The van der Waals surface area contributed by atoms with Crippen LogP contribution in [0.3, 0.4) is 0 Å². The summed E-state index contributed by atoms with van der Waals surface area (Å²) in [4.78, 5) is 14.0. The Balaban J connectivity index is 1.47. The van der Waals surface area contributed by atoms with E-state index in [1.54, 1.807) is 0 Å². The molecular weight excluding hydrogens is 326 g/mol. The van der Waals surface area contributed by atoms with Gasteiger partial charge in [-0.2, -0.15) is 4.98 Å². The Kier molecular flexibility index (Phi) is 5.20. The van der Waals surface area contributed by atoms with Crippen LogP contribution in [0.5, 0.6) is 0 Å². The minimum Gasteiger partial charge on any atom is -0.378 e. The van der Waals surface area contributed by atoms with E-state index >= 15 is 0 Å². The van der Waals surface area contributed by atoms with Gasteiger partial charge in [0.1, 0.15) is 5.82 Å². The first-order valence-electron chi connectivity index (χ1n) is 9.58. The highest BCUT2D eigenvalue weighted by Crippen LogP contribution is 2.24. The number of piperidine rings is 1. The molecule has 0 unspecified atom stereocenters. The molecule has 0 amide bonds. The molecule has 138 valence electrons. The molecule has 0 radical (unpaired) electrons. The van der Waals surface area contributed by atoms with Gasteiger partial charge in [-0.05, 0) is 50.5 Å². The van der Waals surface area contributed by atoms with E-state index in [0.717, 1.165) is 56.6 Å². The summed E-state index contributed by atoms with van der Waals surface area (Å²) in [5.74, 6) is 1.62. The van der Waals surface area contributed by atoms with Crippen molar-refractivity contribution in [3.63, 3.8) is 0 Å². The Morgan fingerprint density at radius 2 is 1.62 bits per heavy atom. The maximum atomic E-state index is 5.43. The molecule has 6 nitrogen and oxygen atoms in total. The standard InChI is InChI=1S/C20H27N5O/c1-16-15-19(25-11-13-26-14-12-25)23-20(21-16)22-17-5-7-18(8-6-17)24-9-3-2-4-10-24/h5-8,15H,2-4,9-14H2,1H3,(H,21,22,23). The number of benzene rings is 1. The fraction of sp³-hybridized carbons (Fsp3) is 0.500. The monoisotopic (exact) mass is 353 g/mol. The summed E-state index contributed by atoms with van der Waals surface area (Å²) in [7, 11) is 0. The van der Waals surface area contributed by atoms with Gasteiger partial charge in [0.25, 0.3) is 0 Å². The first-order valence-corrected chi connectivity index (χ1v) is 9.58. The fourth-order valence-electron chi connectivity index (χ4n) is 3.60. The van der Waals surface area contributed by atoms with Gasteiger partial charge in [-0.3, -0.25) is 0 Å². The number of anilines is 4. The van der Waals surface area contributed by atoms with E-state index in [1.165, 1.54) is 24.9 Å². The van der Waals surface area contributed by atoms with E-state index < -0.39 is 0 Å². The Morgan fingerprint density at radius 1 is 0.885 bits per heavy atom. The first-order chi connectivity index (χ1) is 12.8. The summed E-state index contributed by atoms with van der Waals surface area (Å²) < 4.78 is 5.43. The summed E-state index contributed by atoms with van der Waals surface area (Å²) >= 11 is 0. The van der Waals surface area contributed by atoms with Crippen molar-refractivity contribution in [3.05, 3.63) is 36.0 Å². The number of morpholine rings is 1. The summed E-state index contributed by atoms with van der Waals surface area (Å²) in [6, 6.07) is 10.6. The van der Waals surface area contributed by atoms with Crippen molar-refractivity contribution in [2.45, 2.75) is 26.2 Å². The van der Waals surface area contributed by atoms with Crippen LogP contribution in [0.4, 0.5) is 23.1 Å². The summed E-state index contributed by atoms with van der Waals surface area (Å²) in [6.45, 7) is 7.60. The second-order valence-corrected chi connectivity index (χ2v) is 7.01. The molecule has 0 bridgehead atoms. The van der Waals surface area contributed by atoms with E-state index in [9.17, 15) is 0 Å². The lowest BCUT2D eigenvalue weighted by Gasteiger charge is -2.29. The van der Waals surface area contributed by atoms with Gasteiger partial charge in [0, 0.05) is 49.3 Å². The molecule has 2 saturated heterocycles. The number of nitrogens with zero attached hydrogens (tertiary/aromatic N) is 4. The Labute approximate surface area is 155 Å². The predicted molar refractivity (Wildman–Crippen MR) is 106 cm³/mol. The van der Waals surface area contributed by atoms with Crippen LogP contribution in [0.2, 0.25) is 0 Å². The van der Waals surface area contributed by atoms with Crippen LogP contribution in [0.1, 0.15) is 25.0 Å². The summed E-state index contributed by atoms with van der Waals surface area (Å²) in [5.41, 5.74) is 3.28. The van der Waals surface area contributed by atoms with Crippen molar-refractivity contribution in [1.29, 1.82) is 0 Å². The van der Waals surface area contributed by atoms with Gasteiger partial charge < -0.3 is 19.9 Å². The first kappa shape index (κ1) is 17.1. The second-order valence-electron chi connectivity index (χ2n) is 7.01. The van der Waals surface area contributed by atoms with E-state index in [4.69, 9.17) is 9.72 Å². The molecule has 2 aromatic rings. The van der Waals surface area contributed by atoms with E-state index in [0.29, 0.717) is 5.95 Å². The van der Waals surface area contributed by atoms with Gasteiger partial charge in [0.15, 0.2) is 0 Å². The molecule has 6 heteroatoms. The zero-order valence-electron chi connectivity index (χ0n) is 15.4. The van der Waals surface area contributed by atoms with Gasteiger partial charge in [-0.15, -0.1) is 0 Å². The third-order valence-corrected chi connectivity index (χ3v) is 5.02. The van der Waals surface area contributed by atoms with Crippen molar-refractivity contribution in [1.82, 2.24) is 9.97 Å². The lowest BCUT2D eigenvalue weighted by Crippen LogP contribution is -2.36. The average molecular weight is 353 g/mol. The average Bonchev–Trinajstić information content (AvgIpc) is 2.69. The molecule has 1 aromatic carbocycles. The highest BCUT2D eigenvalue weighted by molar-refractivity contribution is 5.60. The molecule has 2 aliphatic heterocycles. The van der Waals surface area contributed by atoms with E-state index in [2.05, 4.69) is 44.4 Å². The minimum atomic E-state index is 0.650. The number of nitrogens with one attached hydrogen (secondary N) is 1. The number of aryl methyl sites for hydroxylation is 1. The Hall–Kier alpha value is -2.34. The Morgan fingerprint density at radius 3 is 2.35 bits per heavy atom. The zero-order valence-corrected chi connectivity index (χ0v) is 15.4. The van der Waals surface area contributed by atoms with Gasteiger partial charge in [0.05, 0.1) is 13.2 Å². The van der Waals surface area contributed by atoms with Gasteiger partial charge in [-0.1, -0.05) is 0 Å². The fourth-order valence-corrected chi connectivity index (χ4v) is 3.60. The zero-order chi connectivity index (χ0) is 17.8. The largest absolute Gasteiger partial charge is 0.378 e. The van der Waals surface area contributed by atoms with Gasteiger partial charge in [-0.25, -0.2) is 4.98 Å². The van der Waals surface area contributed by atoms with Crippen molar-refractivity contribution in [3.8, 4) is 0 Å². The molecular formula is C20H27N5O. The van der Waals surface area contributed by atoms with Gasteiger partial charge in [0.2, 0.25) is 5.95 Å².